The summed E-state index contributed by atoms with van der Waals surface area (Å²) in [6, 6.07) is 6.78. The van der Waals surface area contributed by atoms with Gasteiger partial charge in [0.25, 0.3) is 0 Å². The molecule has 0 spiro atoms. The minimum Gasteiger partial charge on any atom is -0.490 e. The summed E-state index contributed by atoms with van der Waals surface area (Å²) in [7, 11) is 1.40. The van der Waals surface area contributed by atoms with E-state index in [1.807, 2.05) is 11.4 Å². The molecule has 0 bridgehead atoms. The number of nitro benzene ring substituents is 1. The van der Waals surface area contributed by atoms with E-state index in [4.69, 9.17) is 4.74 Å². The topological polar surface area (TPSA) is 81.5 Å². The molecule has 0 atom stereocenters. The number of amides is 1. The van der Waals surface area contributed by atoms with Crippen molar-refractivity contribution < 1.29 is 14.5 Å². The summed E-state index contributed by atoms with van der Waals surface area (Å²) < 4.78 is 5.97. The normalized spacial score (nSPS) is 10.4. The van der Waals surface area contributed by atoms with Gasteiger partial charge in [0.2, 0.25) is 5.91 Å². The summed E-state index contributed by atoms with van der Waals surface area (Å²) in [6.45, 7) is 0.504. The van der Waals surface area contributed by atoms with Gasteiger partial charge < -0.3 is 10.1 Å². The highest BCUT2D eigenvalue weighted by atomic mass is 79.9. The lowest BCUT2D eigenvalue weighted by atomic mass is 10.2. The Hall–Kier alpha value is -1.58. The maximum Gasteiger partial charge on any atom is 0.311 e. The van der Waals surface area contributed by atoms with Crippen LogP contribution in [-0.2, 0) is 17.1 Å². The molecule has 128 valence electrons. The average molecular weight is 431 g/mol. The zero-order chi connectivity index (χ0) is 17.5. The minimum absolute atomic E-state index is 0.0625. The number of nitrogens with zero attached hydrogens (tertiary/aromatic N) is 1. The zero-order valence-electron chi connectivity index (χ0n) is 12.8. The van der Waals surface area contributed by atoms with E-state index >= 15 is 0 Å². The number of carbonyl (C=O) groups is 1. The van der Waals surface area contributed by atoms with Crippen LogP contribution in [0.5, 0.6) is 5.75 Å². The third kappa shape index (κ3) is 5.50. The number of ether oxygens (including phenoxy) is 1. The molecule has 0 saturated carbocycles. The monoisotopic (exact) mass is 430 g/mol. The molecule has 1 N–H and O–H groups in total. The largest absolute Gasteiger partial charge is 0.490 e. The van der Waals surface area contributed by atoms with Gasteiger partial charge in [-0.3, -0.25) is 14.9 Å². The average Bonchev–Trinajstić information content (AvgIpc) is 2.98. The molecule has 1 heterocycles. The predicted molar refractivity (Wildman–Crippen MR) is 99.7 cm³/mol. The molecule has 2 rings (SSSR count). The Morgan fingerprint density at radius 2 is 2.25 bits per heavy atom. The Kier molecular flexibility index (Phi) is 7.07. The Morgan fingerprint density at radius 3 is 2.88 bits per heavy atom. The van der Waals surface area contributed by atoms with Gasteiger partial charge in [-0.05, 0) is 33.6 Å². The maximum absolute atomic E-state index is 11.8. The van der Waals surface area contributed by atoms with Crippen molar-refractivity contribution in [3.05, 3.63) is 54.7 Å². The van der Waals surface area contributed by atoms with E-state index in [9.17, 15) is 14.9 Å². The van der Waals surface area contributed by atoms with Crippen molar-refractivity contribution in [2.45, 2.75) is 12.3 Å². The fourth-order valence-electron chi connectivity index (χ4n) is 1.91. The second-order valence-corrected chi connectivity index (χ2v) is 7.66. The summed E-state index contributed by atoms with van der Waals surface area (Å²) in [6.07, 6.45) is 0. The molecule has 0 saturated heterocycles. The molecule has 0 unspecified atom stereocenters. The SMILES string of the molecule is COc1ccc(CSCC(=O)NCc2cc(Br)cs2)cc1[N+](=O)[O-]. The molecular formula is C15H15BrN2O4S2. The lowest BCUT2D eigenvalue weighted by Gasteiger charge is -2.06. The molecule has 9 heteroatoms. The van der Waals surface area contributed by atoms with Crippen LogP contribution in [-0.4, -0.2) is 23.7 Å². The van der Waals surface area contributed by atoms with Crippen LogP contribution < -0.4 is 10.1 Å². The minimum atomic E-state index is -0.473. The van der Waals surface area contributed by atoms with E-state index in [-0.39, 0.29) is 17.3 Å². The van der Waals surface area contributed by atoms with Gasteiger partial charge in [-0.15, -0.1) is 23.1 Å². The van der Waals surface area contributed by atoms with E-state index in [0.717, 1.165) is 14.9 Å². The number of halogens is 1. The van der Waals surface area contributed by atoms with E-state index in [1.54, 1.807) is 23.5 Å². The van der Waals surface area contributed by atoms with Gasteiger partial charge in [0.1, 0.15) is 0 Å². The summed E-state index contributed by atoms with van der Waals surface area (Å²) in [5.74, 6) is 0.982. The number of thioether (sulfide) groups is 1. The first-order chi connectivity index (χ1) is 11.5. The second-order valence-electron chi connectivity index (χ2n) is 4.76. The maximum atomic E-state index is 11.8. The molecule has 6 nitrogen and oxygen atoms in total. The van der Waals surface area contributed by atoms with Crippen LogP contribution in [0.2, 0.25) is 0 Å². The zero-order valence-corrected chi connectivity index (χ0v) is 16.0. The Bertz CT molecular complexity index is 736. The van der Waals surface area contributed by atoms with Gasteiger partial charge in [0.05, 0.1) is 24.3 Å². The van der Waals surface area contributed by atoms with Crippen LogP contribution in [0.1, 0.15) is 10.4 Å². The summed E-state index contributed by atoms with van der Waals surface area (Å²) >= 11 is 6.35. The number of nitrogens with one attached hydrogen (secondary N) is 1. The molecule has 0 radical (unpaired) electrons. The number of thiophene rings is 1. The van der Waals surface area contributed by atoms with Crippen LogP contribution in [0.25, 0.3) is 0 Å². The van der Waals surface area contributed by atoms with Gasteiger partial charge in [-0.25, -0.2) is 0 Å². The van der Waals surface area contributed by atoms with Crippen LogP contribution in [0.3, 0.4) is 0 Å². The first-order valence-electron chi connectivity index (χ1n) is 6.88. The van der Waals surface area contributed by atoms with Crippen molar-refractivity contribution in [1.29, 1.82) is 0 Å². The summed E-state index contributed by atoms with van der Waals surface area (Å²) in [5, 5.41) is 15.8. The summed E-state index contributed by atoms with van der Waals surface area (Å²) in [4.78, 5) is 23.4. The number of rotatable bonds is 8. The smallest absolute Gasteiger partial charge is 0.311 e. The first kappa shape index (κ1) is 18.8. The lowest BCUT2D eigenvalue weighted by molar-refractivity contribution is -0.385. The van der Waals surface area contributed by atoms with Crippen molar-refractivity contribution in [3.63, 3.8) is 0 Å². The Labute approximate surface area is 155 Å². The highest BCUT2D eigenvalue weighted by molar-refractivity contribution is 9.10. The molecule has 24 heavy (non-hydrogen) atoms. The summed E-state index contributed by atoms with van der Waals surface area (Å²) in [5.41, 5.74) is 0.714. The van der Waals surface area contributed by atoms with E-state index in [2.05, 4.69) is 21.2 Å². The predicted octanol–water partition coefficient (Wildman–Crippen LogP) is 3.98. The number of carbonyl (C=O) groups excluding carboxylic acids is 1. The van der Waals surface area contributed by atoms with Crippen molar-refractivity contribution in [1.82, 2.24) is 5.32 Å². The third-order valence-corrected chi connectivity index (χ3v) is 5.72. The molecule has 0 aliphatic carbocycles. The van der Waals surface area contributed by atoms with Crippen LogP contribution >= 0.6 is 39.0 Å². The number of hydrogen-bond donors (Lipinski definition) is 1. The standard InChI is InChI=1S/C15H15BrN2O4S2/c1-22-14-3-2-10(4-13(14)18(20)21)7-23-9-15(19)17-6-12-5-11(16)8-24-12/h2-5,8H,6-7,9H2,1H3,(H,17,19). The van der Waals surface area contributed by atoms with Crippen molar-refractivity contribution >= 4 is 50.6 Å². The van der Waals surface area contributed by atoms with Crippen molar-refractivity contribution in [2.75, 3.05) is 12.9 Å². The fourth-order valence-corrected chi connectivity index (χ4v) is 4.11. The molecule has 1 aromatic heterocycles. The Morgan fingerprint density at radius 1 is 1.46 bits per heavy atom. The number of nitro groups is 1. The van der Waals surface area contributed by atoms with Crippen LogP contribution in [0.15, 0.2) is 34.1 Å². The van der Waals surface area contributed by atoms with E-state index < -0.39 is 4.92 Å². The van der Waals surface area contributed by atoms with Crippen molar-refractivity contribution in [3.8, 4) is 5.75 Å². The quantitative estimate of drug-likeness (QED) is 0.505. The van der Waals surface area contributed by atoms with E-state index in [1.165, 1.54) is 24.9 Å². The van der Waals surface area contributed by atoms with Crippen LogP contribution in [0, 0.1) is 10.1 Å². The van der Waals surface area contributed by atoms with Gasteiger partial charge in [0, 0.05) is 26.5 Å². The van der Waals surface area contributed by atoms with Gasteiger partial charge in [0.15, 0.2) is 5.75 Å². The fraction of sp³-hybridized carbons (Fsp3) is 0.267. The molecule has 2 aromatic rings. The van der Waals surface area contributed by atoms with Gasteiger partial charge in [-0.2, -0.15) is 0 Å². The number of hydrogen-bond acceptors (Lipinski definition) is 6. The molecule has 0 aliphatic heterocycles. The van der Waals surface area contributed by atoms with Gasteiger partial charge in [-0.1, -0.05) is 6.07 Å². The molecule has 1 amide bonds. The Balaban J connectivity index is 1.80. The van der Waals surface area contributed by atoms with Crippen molar-refractivity contribution in [2.24, 2.45) is 0 Å². The molecule has 0 aliphatic rings. The van der Waals surface area contributed by atoms with E-state index in [0.29, 0.717) is 18.1 Å². The van der Waals surface area contributed by atoms with Gasteiger partial charge >= 0.3 is 5.69 Å². The number of benzene rings is 1. The molecule has 0 fully saturated rings. The third-order valence-electron chi connectivity index (χ3n) is 3.02. The molecular weight excluding hydrogens is 416 g/mol. The highest BCUT2D eigenvalue weighted by Crippen LogP contribution is 2.29. The molecule has 1 aromatic carbocycles. The first-order valence-corrected chi connectivity index (χ1v) is 9.71. The number of methoxy groups -OCH3 is 1. The highest BCUT2D eigenvalue weighted by Gasteiger charge is 2.15. The van der Waals surface area contributed by atoms with Crippen LogP contribution in [0.4, 0.5) is 5.69 Å². The lowest BCUT2D eigenvalue weighted by Crippen LogP contribution is -2.24. The second kappa shape index (κ2) is 9.05.